The summed E-state index contributed by atoms with van der Waals surface area (Å²) in [5.74, 6) is 1.37. The van der Waals surface area contributed by atoms with Gasteiger partial charge in [-0.05, 0) is 36.8 Å². The summed E-state index contributed by atoms with van der Waals surface area (Å²) in [4.78, 5) is 11.9. The van der Waals surface area contributed by atoms with Crippen LogP contribution in [0, 0.1) is 18.8 Å². The predicted molar refractivity (Wildman–Crippen MR) is 65.2 cm³/mol. The zero-order valence-electron chi connectivity index (χ0n) is 9.79. The fraction of sp³-hybridized carbons (Fsp3) is 0.462. The van der Waals surface area contributed by atoms with Crippen molar-refractivity contribution in [2.75, 3.05) is 12.3 Å². The predicted octanol–water partition coefficient (Wildman–Crippen LogP) is 1.96. The fourth-order valence-corrected chi connectivity index (χ4v) is 2.00. The van der Waals surface area contributed by atoms with Crippen LogP contribution in [0.15, 0.2) is 18.2 Å². The minimum absolute atomic E-state index is 0.0466. The molecule has 86 valence electrons. The average molecular weight is 218 g/mol. The first-order valence-electron chi connectivity index (χ1n) is 5.73. The van der Waals surface area contributed by atoms with E-state index in [1.807, 2.05) is 19.1 Å². The third-order valence-corrected chi connectivity index (χ3v) is 3.33. The summed E-state index contributed by atoms with van der Waals surface area (Å²) < 4.78 is 0. The highest BCUT2D eigenvalue weighted by Crippen LogP contribution is 2.36. The number of nitrogen functional groups attached to an aromatic ring is 1. The lowest BCUT2D eigenvalue weighted by Gasteiger charge is -2.09. The van der Waals surface area contributed by atoms with Crippen molar-refractivity contribution in [2.24, 2.45) is 11.8 Å². The largest absolute Gasteiger partial charge is 0.398 e. The summed E-state index contributed by atoms with van der Waals surface area (Å²) in [5, 5.41) is 2.95. The van der Waals surface area contributed by atoms with Gasteiger partial charge in [0, 0.05) is 12.2 Å². The molecule has 1 saturated carbocycles. The molecule has 0 spiro atoms. The molecule has 0 bridgehead atoms. The Hall–Kier alpha value is -1.51. The summed E-state index contributed by atoms with van der Waals surface area (Å²) in [6.45, 7) is 4.89. The van der Waals surface area contributed by atoms with Crippen LogP contribution in [0.25, 0.3) is 0 Å². The molecule has 1 aromatic carbocycles. The zero-order valence-corrected chi connectivity index (χ0v) is 9.79. The molecule has 2 atom stereocenters. The smallest absolute Gasteiger partial charge is 0.253 e. The maximum Gasteiger partial charge on any atom is 0.253 e. The number of benzene rings is 1. The number of amides is 1. The third-order valence-electron chi connectivity index (χ3n) is 3.33. The van der Waals surface area contributed by atoms with Gasteiger partial charge in [-0.2, -0.15) is 0 Å². The van der Waals surface area contributed by atoms with Crippen molar-refractivity contribution in [3.8, 4) is 0 Å². The van der Waals surface area contributed by atoms with E-state index in [-0.39, 0.29) is 5.91 Å². The van der Waals surface area contributed by atoms with Crippen LogP contribution in [0.4, 0.5) is 5.69 Å². The first-order valence-corrected chi connectivity index (χ1v) is 5.73. The van der Waals surface area contributed by atoms with Crippen LogP contribution in [-0.2, 0) is 0 Å². The van der Waals surface area contributed by atoms with Gasteiger partial charge in [-0.25, -0.2) is 0 Å². The van der Waals surface area contributed by atoms with Gasteiger partial charge in [-0.1, -0.05) is 19.1 Å². The first kappa shape index (κ1) is 11.0. The third kappa shape index (κ3) is 2.18. The molecule has 3 nitrogen and oxygen atoms in total. The molecule has 2 unspecified atom stereocenters. The van der Waals surface area contributed by atoms with Gasteiger partial charge in [0.15, 0.2) is 0 Å². The second kappa shape index (κ2) is 4.16. The van der Waals surface area contributed by atoms with E-state index in [4.69, 9.17) is 5.73 Å². The molecule has 0 saturated heterocycles. The molecular weight excluding hydrogens is 200 g/mol. The Morgan fingerprint density at radius 2 is 2.25 bits per heavy atom. The molecule has 3 N–H and O–H groups in total. The van der Waals surface area contributed by atoms with E-state index in [0.29, 0.717) is 17.2 Å². The molecule has 0 heterocycles. The van der Waals surface area contributed by atoms with Crippen molar-refractivity contribution in [2.45, 2.75) is 20.3 Å². The van der Waals surface area contributed by atoms with Gasteiger partial charge in [0.1, 0.15) is 0 Å². The Balaban J connectivity index is 2.02. The van der Waals surface area contributed by atoms with Gasteiger partial charge < -0.3 is 11.1 Å². The van der Waals surface area contributed by atoms with Crippen molar-refractivity contribution in [1.82, 2.24) is 5.32 Å². The van der Waals surface area contributed by atoms with E-state index < -0.39 is 0 Å². The van der Waals surface area contributed by atoms with Crippen molar-refractivity contribution in [1.29, 1.82) is 0 Å². The standard InChI is InChI=1S/C13H18N2O/c1-8-4-3-5-11(14)12(8)13(16)15-7-10-6-9(10)2/h3-5,9-10H,6-7,14H2,1-2H3,(H,15,16). The summed E-state index contributed by atoms with van der Waals surface area (Å²) in [7, 11) is 0. The van der Waals surface area contributed by atoms with Crippen LogP contribution >= 0.6 is 0 Å². The molecule has 2 rings (SSSR count). The summed E-state index contributed by atoms with van der Waals surface area (Å²) in [6, 6.07) is 5.54. The Bertz CT molecular complexity index is 394. The molecule has 1 amide bonds. The van der Waals surface area contributed by atoms with Crippen LogP contribution in [-0.4, -0.2) is 12.5 Å². The number of rotatable bonds is 3. The van der Waals surface area contributed by atoms with Crippen molar-refractivity contribution in [3.63, 3.8) is 0 Å². The van der Waals surface area contributed by atoms with E-state index in [1.165, 1.54) is 6.42 Å². The number of anilines is 1. The quantitative estimate of drug-likeness (QED) is 0.762. The lowest BCUT2D eigenvalue weighted by atomic mass is 10.1. The van der Waals surface area contributed by atoms with Gasteiger partial charge in [0.2, 0.25) is 0 Å². The molecule has 16 heavy (non-hydrogen) atoms. The maximum absolute atomic E-state index is 11.9. The molecule has 0 aliphatic heterocycles. The van der Waals surface area contributed by atoms with Crippen molar-refractivity contribution < 1.29 is 4.79 Å². The summed E-state index contributed by atoms with van der Waals surface area (Å²) in [5.41, 5.74) is 7.92. The second-order valence-corrected chi connectivity index (χ2v) is 4.72. The molecular formula is C13H18N2O. The summed E-state index contributed by atoms with van der Waals surface area (Å²) in [6.07, 6.45) is 1.23. The van der Waals surface area contributed by atoms with E-state index in [9.17, 15) is 4.79 Å². The van der Waals surface area contributed by atoms with Gasteiger partial charge >= 0.3 is 0 Å². The highest BCUT2D eigenvalue weighted by atomic mass is 16.1. The Kier molecular flexibility index (Phi) is 2.86. The van der Waals surface area contributed by atoms with Gasteiger partial charge in [-0.15, -0.1) is 0 Å². The van der Waals surface area contributed by atoms with Gasteiger partial charge in [0.25, 0.3) is 5.91 Å². The van der Waals surface area contributed by atoms with E-state index in [0.717, 1.165) is 18.0 Å². The molecule has 1 aromatic rings. The molecule has 1 aliphatic carbocycles. The average Bonchev–Trinajstić information content (AvgIpc) is 2.91. The number of aryl methyl sites for hydroxylation is 1. The highest BCUT2D eigenvalue weighted by Gasteiger charge is 2.32. The molecule has 1 aliphatic rings. The Morgan fingerprint density at radius 1 is 1.56 bits per heavy atom. The van der Waals surface area contributed by atoms with E-state index in [2.05, 4.69) is 12.2 Å². The maximum atomic E-state index is 11.9. The molecule has 0 aromatic heterocycles. The van der Waals surface area contributed by atoms with Crippen LogP contribution in [0.5, 0.6) is 0 Å². The van der Waals surface area contributed by atoms with Gasteiger partial charge in [0.05, 0.1) is 5.56 Å². The molecule has 1 fully saturated rings. The lowest BCUT2D eigenvalue weighted by molar-refractivity contribution is 0.0951. The van der Waals surface area contributed by atoms with Crippen LogP contribution < -0.4 is 11.1 Å². The highest BCUT2D eigenvalue weighted by molar-refractivity contribution is 6.00. The van der Waals surface area contributed by atoms with Crippen molar-refractivity contribution in [3.05, 3.63) is 29.3 Å². The van der Waals surface area contributed by atoms with Gasteiger partial charge in [-0.3, -0.25) is 4.79 Å². The minimum atomic E-state index is -0.0466. The second-order valence-electron chi connectivity index (χ2n) is 4.72. The lowest BCUT2D eigenvalue weighted by Crippen LogP contribution is -2.27. The number of nitrogens with one attached hydrogen (secondary N) is 1. The van der Waals surface area contributed by atoms with Crippen LogP contribution in [0.1, 0.15) is 29.3 Å². The van der Waals surface area contributed by atoms with E-state index >= 15 is 0 Å². The summed E-state index contributed by atoms with van der Waals surface area (Å²) >= 11 is 0. The minimum Gasteiger partial charge on any atom is -0.398 e. The fourth-order valence-electron chi connectivity index (χ4n) is 2.00. The number of carbonyl (C=O) groups is 1. The normalized spacial score (nSPS) is 22.9. The Morgan fingerprint density at radius 3 is 2.81 bits per heavy atom. The number of nitrogens with two attached hydrogens (primary N) is 1. The SMILES string of the molecule is Cc1cccc(N)c1C(=O)NCC1CC1C. The first-order chi connectivity index (χ1) is 7.59. The number of hydrogen-bond acceptors (Lipinski definition) is 2. The Labute approximate surface area is 96.0 Å². The molecule has 3 heteroatoms. The topological polar surface area (TPSA) is 55.1 Å². The zero-order chi connectivity index (χ0) is 11.7. The van der Waals surface area contributed by atoms with E-state index in [1.54, 1.807) is 6.07 Å². The number of hydrogen-bond donors (Lipinski definition) is 2. The van der Waals surface area contributed by atoms with Crippen LogP contribution in [0.2, 0.25) is 0 Å². The van der Waals surface area contributed by atoms with Crippen LogP contribution in [0.3, 0.4) is 0 Å². The van der Waals surface area contributed by atoms with Crippen molar-refractivity contribution >= 4 is 11.6 Å². The molecule has 0 radical (unpaired) electrons. The number of carbonyl (C=O) groups excluding carboxylic acids is 1. The monoisotopic (exact) mass is 218 g/mol.